The molecule has 0 unspecified atom stereocenters. The molecule has 3 aromatic rings. The molecule has 0 saturated carbocycles. The van der Waals surface area contributed by atoms with Crippen LogP contribution < -0.4 is 4.90 Å². The van der Waals surface area contributed by atoms with E-state index in [1.165, 1.54) is 12.8 Å². The number of aromatic nitrogens is 7. The molecule has 3 aromatic heterocycles. The highest BCUT2D eigenvalue weighted by atomic mass is 15.4. The van der Waals surface area contributed by atoms with Crippen LogP contribution in [0.1, 0.15) is 51.1 Å². The van der Waals surface area contributed by atoms with Gasteiger partial charge in [-0.25, -0.2) is 0 Å². The van der Waals surface area contributed by atoms with Gasteiger partial charge in [0.15, 0.2) is 11.5 Å². The average Bonchev–Trinajstić information content (AvgIpc) is 3.24. The Morgan fingerprint density at radius 3 is 2.69 bits per heavy atom. The molecule has 0 N–H and O–H groups in total. The van der Waals surface area contributed by atoms with Gasteiger partial charge < -0.3 is 9.47 Å². The summed E-state index contributed by atoms with van der Waals surface area (Å²) in [5, 5.41) is 22.2. The lowest BCUT2D eigenvalue weighted by Gasteiger charge is -2.44. The Bertz CT molecular complexity index is 1020. The lowest BCUT2D eigenvalue weighted by Crippen LogP contribution is -2.58. The predicted octanol–water partition coefficient (Wildman–Crippen LogP) is 1.67. The lowest BCUT2D eigenvalue weighted by atomic mass is 9.96. The second-order valence-corrected chi connectivity index (χ2v) is 9.35. The van der Waals surface area contributed by atoms with Crippen molar-refractivity contribution in [3.05, 3.63) is 29.6 Å². The quantitative estimate of drug-likeness (QED) is 0.665. The van der Waals surface area contributed by atoms with Crippen LogP contribution in [0.3, 0.4) is 0 Å². The molecule has 0 bridgehead atoms. The SMILES string of the molecule is CN(Cc1nnc2n1CCCC2)C1CN(c2ccc3nnc(C(C)(C)C)n3n2)C1. The first-order valence-electron chi connectivity index (χ1n) is 10.5. The van der Waals surface area contributed by atoms with Gasteiger partial charge >= 0.3 is 0 Å². The maximum absolute atomic E-state index is 4.82. The summed E-state index contributed by atoms with van der Waals surface area (Å²) in [6.07, 6.45) is 3.51. The second kappa shape index (κ2) is 6.76. The summed E-state index contributed by atoms with van der Waals surface area (Å²) in [4.78, 5) is 4.70. The first-order chi connectivity index (χ1) is 13.9. The molecular formula is C20H29N9. The minimum absolute atomic E-state index is 0.0971. The number of fused-ring (bicyclic) bond motifs is 2. The number of rotatable bonds is 4. The maximum atomic E-state index is 4.82. The van der Waals surface area contributed by atoms with Crippen LogP contribution in [0.2, 0.25) is 0 Å². The Labute approximate surface area is 170 Å². The normalized spacial score (nSPS) is 17.8. The van der Waals surface area contributed by atoms with Crippen molar-refractivity contribution in [1.82, 2.24) is 39.5 Å². The molecule has 9 nitrogen and oxygen atoms in total. The molecule has 154 valence electrons. The molecule has 0 radical (unpaired) electrons. The topological polar surface area (TPSA) is 80.3 Å². The molecule has 0 aromatic carbocycles. The molecule has 5 heterocycles. The van der Waals surface area contributed by atoms with E-state index in [0.29, 0.717) is 6.04 Å². The van der Waals surface area contributed by atoms with Gasteiger partial charge in [-0.1, -0.05) is 20.8 Å². The largest absolute Gasteiger partial charge is 0.352 e. The lowest BCUT2D eigenvalue weighted by molar-refractivity contribution is 0.189. The number of hydrogen-bond acceptors (Lipinski definition) is 7. The molecule has 0 amide bonds. The van der Waals surface area contributed by atoms with E-state index in [4.69, 9.17) is 5.10 Å². The van der Waals surface area contributed by atoms with E-state index in [1.807, 2.05) is 16.6 Å². The maximum Gasteiger partial charge on any atom is 0.178 e. The van der Waals surface area contributed by atoms with E-state index >= 15 is 0 Å². The molecule has 29 heavy (non-hydrogen) atoms. The Hall–Kier alpha value is -2.55. The Kier molecular flexibility index (Phi) is 4.31. The van der Waals surface area contributed by atoms with Gasteiger partial charge in [-0.15, -0.1) is 25.5 Å². The van der Waals surface area contributed by atoms with Crippen LogP contribution in [0.15, 0.2) is 12.1 Å². The van der Waals surface area contributed by atoms with Crippen molar-refractivity contribution in [1.29, 1.82) is 0 Å². The summed E-state index contributed by atoms with van der Waals surface area (Å²) in [6.45, 7) is 10.2. The van der Waals surface area contributed by atoms with Crippen LogP contribution in [0.4, 0.5) is 5.82 Å². The van der Waals surface area contributed by atoms with Crippen molar-refractivity contribution in [3.63, 3.8) is 0 Å². The minimum Gasteiger partial charge on any atom is -0.352 e. The molecule has 1 saturated heterocycles. The third-order valence-corrected chi connectivity index (χ3v) is 6.06. The van der Waals surface area contributed by atoms with Crippen molar-refractivity contribution in [2.45, 2.75) is 64.6 Å². The first-order valence-corrected chi connectivity index (χ1v) is 10.5. The molecule has 2 aliphatic heterocycles. The van der Waals surface area contributed by atoms with E-state index in [-0.39, 0.29) is 5.41 Å². The number of hydrogen-bond donors (Lipinski definition) is 0. The highest BCUT2D eigenvalue weighted by molar-refractivity contribution is 5.48. The second-order valence-electron chi connectivity index (χ2n) is 9.35. The van der Waals surface area contributed by atoms with Gasteiger partial charge in [0.25, 0.3) is 0 Å². The summed E-state index contributed by atoms with van der Waals surface area (Å²) >= 11 is 0. The zero-order valence-corrected chi connectivity index (χ0v) is 17.7. The standard InChI is InChI=1S/C20H29N9/c1-20(2,3)19-24-22-16-8-9-17(25-29(16)19)27-11-14(12-27)26(4)13-18-23-21-15-7-5-6-10-28(15)18/h8-9,14H,5-7,10-13H2,1-4H3. The van der Waals surface area contributed by atoms with Crippen molar-refractivity contribution in [2.75, 3.05) is 25.0 Å². The number of anilines is 1. The van der Waals surface area contributed by atoms with Crippen molar-refractivity contribution in [3.8, 4) is 0 Å². The van der Waals surface area contributed by atoms with E-state index in [0.717, 1.165) is 61.5 Å². The predicted molar refractivity (Wildman–Crippen MR) is 110 cm³/mol. The molecule has 0 spiro atoms. The van der Waals surface area contributed by atoms with E-state index in [9.17, 15) is 0 Å². The Morgan fingerprint density at radius 2 is 1.90 bits per heavy atom. The van der Waals surface area contributed by atoms with Crippen LogP contribution >= 0.6 is 0 Å². The van der Waals surface area contributed by atoms with Gasteiger partial charge in [-0.05, 0) is 32.0 Å². The van der Waals surface area contributed by atoms with Crippen LogP contribution in [0.5, 0.6) is 0 Å². The van der Waals surface area contributed by atoms with Gasteiger partial charge in [0.1, 0.15) is 17.5 Å². The Balaban J connectivity index is 1.26. The third-order valence-electron chi connectivity index (χ3n) is 6.06. The summed E-state index contributed by atoms with van der Waals surface area (Å²) in [5.74, 6) is 4.11. The van der Waals surface area contributed by atoms with Gasteiger partial charge in [-0.2, -0.15) is 4.52 Å². The first kappa shape index (κ1) is 18.5. The van der Waals surface area contributed by atoms with Crippen molar-refractivity contribution >= 4 is 11.5 Å². The van der Waals surface area contributed by atoms with E-state index in [1.54, 1.807) is 0 Å². The van der Waals surface area contributed by atoms with Crippen LogP contribution in [0.25, 0.3) is 5.65 Å². The average molecular weight is 396 g/mol. The fourth-order valence-corrected chi connectivity index (χ4v) is 4.17. The highest BCUT2D eigenvalue weighted by Crippen LogP contribution is 2.25. The Morgan fingerprint density at radius 1 is 1.07 bits per heavy atom. The molecular weight excluding hydrogens is 366 g/mol. The monoisotopic (exact) mass is 395 g/mol. The fraction of sp³-hybridized carbons (Fsp3) is 0.650. The summed E-state index contributed by atoms with van der Waals surface area (Å²) < 4.78 is 4.20. The fourth-order valence-electron chi connectivity index (χ4n) is 4.17. The zero-order valence-electron chi connectivity index (χ0n) is 17.7. The molecule has 5 rings (SSSR count). The van der Waals surface area contributed by atoms with Crippen LogP contribution in [-0.2, 0) is 24.9 Å². The number of likely N-dealkylation sites (N-methyl/N-ethyl adjacent to an activating group) is 1. The minimum atomic E-state index is -0.0971. The van der Waals surface area contributed by atoms with E-state index in [2.05, 4.69) is 62.6 Å². The number of aryl methyl sites for hydroxylation is 1. The third kappa shape index (κ3) is 3.27. The van der Waals surface area contributed by atoms with Gasteiger partial charge in [-0.3, -0.25) is 4.90 Å². The van der Waals surface area contributed by atoms with Crippen LogP contribution in [0, 0.1) is 0 Å². The molecule has 1 fully saturated rings. The molecule has 0 aliphatic carbocycles. The van der Waals surface area contributed by atoms with Crippen molar-refractivity contribution in [2.24, 2.45) is 0 Å². The molecule has 0 atom stereocenters. The van der Waals surface area contributed by atoms with Gasteiger partial charge in [0, 0.05) is 37.5 Å². The molecule has 2 aliphatic rings. The highest BCUT2D eigenvalue weighted by Gasteiger charge is 2.32. The van der Waals surface area contributed by atoms with Crippen LogP contribution in [-0.4, -0.2) is 65.7 Å². The summed E-state index contributed by atoms with van der Waals surface area (Å²) in [5.41, 5.74) is 0.699. The van der Waals surface area contributed by atoms with Gasteiger partial charge in [0.2, 0.25) is 0 Å². The smallest absolute Gasteiger partial charge is 0.178 e. The van der Waals surface area contributed by atoms with E-state index < -0.39 is 0 Å². The number of nitrogens with zero attached hydrogens (tertiary/aromatic N) is 9. The molecule has 9 heteroatoms. The summed E-state index contributed by atoms with van der Waals surface area (Å²) in [6, 6.07) is 4.54. The van der Waals surface area contributed by atoms with Gasteiger partial charge in [0.05, 0.1) is 6.54 Å². The summed E-state index contributed by atoms with van der Waals surface area (Å²) in [7, 11) is 2.18. The zero-order chi connectivity index (χ0) is 20.2. The van der Waals surface area contributed by atoms with Crippen molar-refractivity contribution < 1.29 is 0 Å².